The second-order valence-electron chi connectivity index (χ2n) is 6.69. The number of rotatable bonds is 7. The topological polar surface area (TPSA) is 87.7 Å². The van der Waals surface area contributed by atoms with E-state index in [1.54, 1.807) is 18.0 Å². The number of hydrogen-bond donors (Lipinski definition) is 0. The number of amides is 2. The summed E-state index contributed by atoms with van der Waals surface area (Å²) in [6.07, 6.45) is 3.60. The van der Waals surface area contributed by atoms with Crippen LogP contribution in [0.2, 0.25) is 0 Å². The number of sulfone groups is 1. The summed E-state index contributed by atoms with van der Waals surface area (Å²) in [5.41, 5.74) is 0.591. The van der Waals surface area contributed by atoms with Crippen LogP contribution in [0.3, 0.4) is 0 Å². The van der Waals surface area contributed by atoms with Crippen molar-refractivity contribution < 1.29 is 18.0 Å². The van der Waals surface area contributed by atoms with E-state index in [4.69, 9.17) is 0 Å². The lowest BCUT2D eigenvalue weighted by atomic mass is 10.1. The molecule has 2 rings (SSSR count). The third-order valence-corrected chi connectivity index (χ3v) is 6.33. The van der Waals surface area contributed by atoms with Gasteiger partial charge in [0.05, 0.1) is 11.5 Å². The Morgan fingerprint density at radius 2 is 1.85 bits per heavy atom. The van der Waals surface area contributed by atoms with Gasteiger partial charge in [-0.1, -0.05) is 13.8 Å². The predicted molar refractivity (Wildman–Crippen MR) is 99.9 cm³/mol. The molecule has 144 valence electrons. The van der Waals surface area contributed by atoms with Gasteiger partial charge < -0.3 is 9.80 Å². The van der Waals surface area contributed by atoms with E-state index >= 15 is 0 Å². The lowest BCUT2D eigenvalue weighted by Crippen LogP contribution is -2.38. The zero-order chi connectivity index (χ0) is 19.3. The summed E-state index contributed by atoms with van der Waals surface area (Å²) < 4.78 is 23.3. The van der Waals surface area contributed by atoms with E-state index in [2.05, 4.69) is 4.98 Å². The molecule has 1 atom stereocenters. The molecule has 2 amide bonds. The van der Waals surface area contributed by atoms with Crippen molar-refractivity contribution in [1.29, 1.82) is 0 Å². The maximum Gasteiger partial charge on any atom is 0.272 e. The molecule has 1 saturated heterocycles. The van der Waals surface area contributed by atoms with Crippen LogP contribution in [0, 0.1) is 0 Å². The van der Waals surface area contributed by atoms with E-state index in [1.165, 1.54) is 17.2 Å². The van der Waals surface area contributed by atoms with E-state index < -0.39 is 9.84 Å². The molecule has 1 aliphatic rings. The average molecular weight is 381 g/mol. The SMILES string of the molecule is CCCN(CCC)C(=O)c1cc(C(=O)N(C)C2CCS(=O)(=O)C2)ccn1. The van der Waals surface area contributed by atoms with E-state index in [1.807, 2.05) is 13.8 Å². The number of hydrogen-bond acceptors (Lipinski definition) is 5. The number of carbonyl (C=O) groups excluding carboxylic acids is 2. The normalized spacial score (nSPS) is 18.5. The molecule has 0 saturated carbocycles. The van der Waals surface area contributed by atoms with Gasteiger partial charge in [-0.2, -0.15) is 0 Å². The minimum atomic E-state index is -3.07. The smallest absolute Gasteiger partial charge is 0.272 e. The summed E-state index contributed by atoms with van der Waals surface area (Å²) in [6.45, 7) is 5.31. The molecular formula is C18H27N3O4S. The van der Waals surface area contributed by atoms with Crippen molar-refractivity contribution in [1.82, 2.24) is 14.8 Å². The van der Waals surface area contributed by atoms with Crippen molar-refractivity contribution in [2.45, 2.75) is 39.2 Å². The van der Waals surface area contributed by atoms with Gasteiger partial charge in [-0.15, -0.1) is 0 Å². The molecule has 0 bridgehead atoms. The Labute approximate surface area is 155 Å². The average Bonchev–Trinajstić information content (AvgIpc) is 2.99. The lowest BCUT2D eigenvalue weighted by molar-refractivity contribution is 0.0746. The molecule has 26 heavy (non-hydrogen) atoms. The molecule has 8 heteroatoms. The molecule has 0 radical (unpaired) electrons. The summed E-state index contributed by atoms with van der Waals surface area (Å²) in [7, 11) is -1.46. The van der Waals surface area contributed by atoms with Gasteiger partial charge in [0.25, 0.3) is 11.8 Å². The minimum Gasteiger partial charge on any atom is -0.338 e. The van der Waals surface area contributed by atoms with Crippen molar-refractivity contribution in [2.75, 3.05) is 31.6 Å². The van der Waals surface area contributed by atoms with Crippen LogP contribution in [0.25, 0.3) is 0 Å². The maximum absolute atomic E-state index is 12.7. The van der Waals surface area contributed by atoms with E-state index in [9.17, 15) is 18.0 Å². The fraction of sp³-hybridized carbons (Fsp3) is 0.611. The van der Waals surface area contributed by atoms with Gasteiger partial charge in [-0.25, -0.2) is 8.42 Å². The Balaban J connectivity index is 2.17. The quantitative estimate of drug-likeness (QED) is 0.716. The van der Waals surface area contributed by atoms with Crippen LogP contribution in [0.15, 0.2) is 18.3 Å². The standard InChI is InChI=1S/C18H27N3O4S/c1-4-9-21(10-5-2)18(23)16-12-14(6-8-19-16)17(22)20(3)15-7-11-26(24,25)13-15/h6,8,12,15H,4-5,7,9-11,13H2,1-3H3. The first-order chi connectivity index (χ1) is 12.3. The fourth-order valence-corrected chi connectivity index (χ4v) is 4.92. The number of carbonyl (C=O) groups is 2. The second kappa shape index (κ2) is 8.62. The highest BCUT2D eigenvalue weighted by Crippen LogP contribution is 2.19. The summed E-state index contributed by atoms with van der Waals surface area (Å²) in [5.74, 6) is -0.374. The highest BCUT2D eigenvalue weighted by Gasteiger charge is 2.33. The van der Waals surface area contributed by atoms with Gasteiger partial charge in [0.2, 0.25) is 0 Å². The van der Waals surface area contributed by atoms with Crippen LogP contribution in [0.4, 0.5) is 0 Å². The molecule has 2 heterocycles. The van der Waals surface area contributed by atoms with Gasteiger partial charge in [0, 0.05) is 37.9 Å². The Kier molecular flexibility index (Phi) is 6.75. The first kappa shape index (κ1) is 20.4. The second-order valence-corrected chi connectivity index (χ2v) is 8.92. The van der Waals surface area contributed by atoms with Crippen LogP contribution in [0.5, 0.6) is 0 Å². The Bertz CT molecular complexity index is 757. The summed E-state index contributed by atoms with van der Waals surface area (Å²) in [5, 5.41) is 0. The molecular weight excluding hydrogens is 354 g/mol. The molecule has 7 nitrogen and oxygen atoms in total. The molecule has 1 aromatic rings. The summed E-state index contributed by atoms with van der Waals surface area (Å²) >= 11 is 0. The number of nitrogens with zero attached hydrogens (tertiary/aromatic N) is 3. The van der Waals surface area contributed by atoms with Crippen LogP contribution < -0.4 is 0 Å². The van der Waals surface area contributed by atoms with Crippen molar-refractivity contribution in [2.24, 2.45) is 0 Å². The summed E-state index contributed by atoms with van der Waals surface area (Å²) in [4.78, 5) is 32.7. The van der Waals surface area contributed by atoms with Crippen LogP contribution in [-0.4, -0.2) is 72.7 Å². The number of aromatic nitrogens is 1. The molecule has 1 fully saturated rings. The Morgan fingerprint density at radius 3 is 2.38 bits per heavy atom. The molecule has 0 N–H and O–H groups in total. The van der Waals surface area contributed by atoms with Gasteiger partial charge in [-0.3, -0.25) is 14.6 Å². The van der Waals surface area contributed by atoms with Crippen LogP contribution in [-0.2, 0) is 9.84 Å². The minimum absolute atomic E-state index is 0.00705. The third-order valence-electron chi connectivity index (χ3n) is 4.58. The van der Waals surface area contributed by atoms with Crippen molar-refractivity contribution in [3.8, 4) is 0 Å². The van der Waals surface area contributed by atoms with Crippen LogP contribution in [0.1, 0.15) is 54.0 Å². The molecule has 0 spiro atoms. The number of pyridine rings is 1. The Hall–Kier alpha value is -1.96. The summed E-state index contributed by atoms with van der Waals surface area (Å²) in [6, 6.07) is 2.74. The van der Waals surface area contributed by atoms with E-state index in [0.717, 1.165) is 12.8 Å². The van der Waals surface area contributed by atoms with Crippen molar-refractivity contribution >= 4 is 21.7 Å². The zero-order valence-corrected chi connectivity index (χ0v) is 16.5. The van der Waals surface area contributed by atoms with Gasteiger partial charge in [0.1, 0.15) is 5.69 Å². The monoisotopic (exact) mass is 381 g/mol. The highest BCUT2D eigenvalue weighted by molar-refractivity contribution is 7.91. The molecule has 1 aliphatic heterocycles. The first-order valence-corrected chi connectivity index (χ1v) is 10.8. The zero-order valence-electron chi connectivity index (χ0n) is 15.6. The Morgan fingerprint density at radius 1 is 1.19 bits per heavy atom. The van der Waals surface area contributed by atoms with E-state index in [0.29, 0.717) is 25.1 Å². The van der Waals surface area contributed by atoms with Crippen molar-refractivity contribution in [3.63, 3.8) is 0 Å². The van der Waals surface area contributed by atoms with Gasteiger partial charge in [0.15, 0.2) is 9.84 Å². The first-order valence-electron chi connectivity index (χ1n) is 9.02. The predicted octanol–water partition coefficient (Wildman–Crippen LogP) is 1.60. The maximum atomic E-state index is 12.7. The molecule has 1 aromatic heterocycles. The molecule has 1 unspecified atom stereocenters. The molecule has 0 aliphatic carbocycles. The van der Waals surface area contributed by atoms with E-state index in [-0.39, 0.29) is 35.1 Å². The third kappa shape index (κ3) is 4.81. The largest absolute Gasteiger partial charge is 0.338 e. The fourth-order valence-electron chi connectivity index (χ4n) is 3.15. The molecule has 0 aromatic carbocycles. The van der Waals surface area contributed by atoms with Gasteiger partial charge >= 0.3 is 0 Å². The van der Waals surface area contributed by atoms with Gasteiger partial charge in [-0.05, 0) is 31.4 Å². The lowest BCUT2D eigenvalue weighted by Gasteiger charge is -2.24. The van der Waals surface area contributed by atoms with Crippen molar-refractivity contribution in [3.05, 3.63) is 29.6 Å². The highest BCUT2D eigenvalue weighted by atomic mass is 32.2. The van der Waals surface area contributed by atoms with Crippen LogP contribution >= 0.6 is 0 Å².